The predicted octanol–water partition coefficient (Wildman–Crippen LogP) is 0.900. The number of pyridine rings is 1. The van der Waals surface area contributed by atoms with Crippen LogP contribution < -0.4 is 0 Å². The molecule has 7 nitrogen and oxygen atoms in total. The third-order valence-electron chi connectivity index (χ3n) is 3.84. The van der Waals surface area contributed by atoms with Crippen LogP contribution in [0.25, 0.3) is 0 Å². The van der Waals surface area contributed by atoms with Gasteiger partial charge in [-0.2, -0.15) is 0 Å². The Balaban J connectivity index is 1.93. The lowest BCUT2D eigenvalue weighted by molar-refractivity contribution is 0.178. The minimum absolute atomic E-state index is 0.0855. The minimum Gasteiger partial charge on any atom is -0.383 e. The molecule has 0 amide bonds. The highest BCUT2D eigenvalue weighted by Gasteiger charge is 2.29. The highest BCUT2D eigenvalue weighted by atomic mass is 16.5. The summed E-state index contributed by atoms with van der Waals surface area (Å²) in [4.78, 5) is 6.55. The standard InChI is InChI=1S/C14H20N6O/c1-21-11-10-20-14(16-17-18-20)13(19-8-2-3-9-19)12-4-6-15-7-5-12/h4-7,13H,2-3,8-11H2,1H3. The number of hydrogen-bond acceptors (Lipinski definition) is 6. The van der Waals surface area contributed by atoms with Crippen LogP contribution in [0.1, 0.15) is 30.3 Å². The number of ether oxygens (including phenoxy) is 1. The number of tetrazole rings is 1. The van der Waals surface area contributed by atoms with E-state index in [1.165, 1.54) is 18.4 Å². The number of methoxy groups -OCH3 is 1. The van der Waals surface area contributed by atoms with Crippen molar-refractivity contribution in [2.24, 2.45) is 0 Å². The SMILES string of the molecule is COCCn1nnnc1C(c1ccncc1)N1CCCC1. The maximum Gasteiger partial charge on any atom is 0.173 e. The average molecular weight is 288 g/mol. The minimum atomic E-state index is 0.0855. The van der Waals surface area contributed by atoms with Gasteiger partial charge in [-0.15, -0.1) is 5.10 Å². The number of rotatable bonds is 6. The monoisotopic (exact) mass is 288 g/mol. The summed E-state index contributed by atoms with van der Waals surface area (Å²) < 4.78 is 6.98. The van der Waals surface area contributed by atoms with E-state index in [0.717, 1.165) is 18.9 Å². The first-order valence-electron chi connectivity index (χ1n) is 7.29. The van der Waals surface area contributed by atoms with Crippen LogP contribution in [-0.4, -0.2) is 56.9 Å². The molecule has 0 spiro atoms. The molecule has 1 fully saturated rings. The Bertz CT molecular complexity index is 552. The zero-order valence-corrected chi connectivity index (χ0v) is 12.2. The van der Waals surface area contributed by atoms with Gasteiger partial charge in [0.25, 0.3) is 0 Å². The molecule has 2 aromatic heterocycles. The van der Waals surface area contributed by atoms with Crippen LogP contribution in [0.15, 0.2) is 24.5 Å². The molecule has 0 radical (unpaired) electrons. The molecule has 1 aliphatic rings. The van der Waals surface area contributed by atoms with Gasteiger partial charge in [0, 0.05) is 19.5 Å². The number of aromatic nitrogens is 5. The zero-order chi connectivity index (χ0) is 14.5. The van der Waals surface area contributed by atoms with Crippen molar-refractivity contribution in [1.29, 1.82) is 0 Å². The second-order valence-electron chi connectivity index (χ2n) is 5.18. The summed E-state index contributed by atoms with van der Waals surface area (Å²) in [6, 6.07) is 4.17. The average Bonchev–Trinajstić information content (AvgIpc) is 3.19. The molecular weight excluding hydrogens is 268 g/mol. The molecule has 1 atom stereocenters. The lowest BCUT2D eigenvalue weighted by Gasteiger charge is -2.26. The first-order valence-corrected chi connectivity index (χ1v) is 7.29. The first-order chi connectivity index (χ1) is 10.4. The van der Waals surface area contributed by atoms with Gasteiger partial charge < -0.3 is 4.74 Å². The summed E-state index contributed by atoms with van der Waals surface area (Å²) in [6.07, 6.45) is 6.09. The fourth-order valence-corrected chi connectivity index (χ4v) is 2.81. The van der Waals surface area contributed by atoms with Crippen molar-refractivity contribution in [3.63, 3.8) is 0 Å². The summed E-state index contributed by atoms with van der Waals surface area (Å²) in [5.74, 6) is 0.875. The topological polar surface area (TPSA) is 69.0 Å². The fourth-order valence-electron chi connectivity index (χ4n) is 2.81. The first kappa shape index (κ1) is 14.1. The van der Waals surface area contributed by atoms with Crippen LogP contribution in [0.5, 0.6) is 0 Å². The molecular formula is C14H20N6O. The smallest absolute Gasteiger partial charge is 0.173 e. The summed E-state index contributed by atoms with van der Waals surface area (Å²) in [6.45, 7) is 3.41. The highest BCUT2D eigenvalue weighted by molar-refractivity contribution is 5.22. The molecule has 0 aliphatic carbocycles. The van der Waals surface area contributed by atoms with Crippen LogP contribution >= 0.6 is 0 Å². The Morgan fingerprint density at radius 1 is 1.24 bits per heavy atom. The van der Waals surface area contributed by atoms with Gasteiger partial charge in [-0.1, -0.05) is 0 Å². The molecule has 1 unspecified atom stereocenters. The quantitative estimate of drug-likeness (QED) is 0.786. The molecule has 7 heteroatoms. The molecule has 0 saturated carbocycles. The molecule has 0 bridgehead atoms. The van der Waals surface area contributed by atoms with Gasteiger partial charge in [-0.3, -0.25) is 9.88 Å². The van der Waals surface area contributed by atoms with E-state index in [1.54, 1.807) is 7.11 Å². The Morgan fingerprint density at radius 2 is 2.00 bits per heavy atom. The van der Waals surface area contributed by atoms with Gasteiger partial charge in [0.1, 0.15) is 0 Å². The van der Waals surface area contributed by atoms with Gasteiger partial charge in [0.2, 0.25) is 0 Å². The summed E-state index contributed by atoms with van der Waals surface area (Å²) >= 11 is 0. The van der Waals surface area contributed by atoms with Crippen LogP contribution in [0.2, 0.25) is 0 Å². The molecule has 1 aliphatic heterocycles. The molecule has 3 heterocycles. The Labute approximate surface area is 123 Å². The van der Waals surface area contributed by atoms with Gasteiger partial charge in [-0.25, -0.2) is 4.68 Å². The molecule has 1 saturated heterocycles. The van der Waals surface area contributed by atoms with E-state index in [4.69, 9.17) is 4.74 Å². The summed E-state index contributed by atoms with van der Waals surface area (Å²) in [5.41, 5.74) is 1.18. The van der Waals surface area contributed by atoms with E-state index in [9.17, 15) is 0 Å². The maximum atomic E-state index is 5.14. The molecule has 112 valence electrons. The van der Waals surface area contributed by atoms with E-state index < -0.39 is 0 Å². The van der Waals surface area contributed by atoms with Crippen molar-refractivity contribution in [2.45, 2.75) is 25.4 Å². The number of likely N-dealkylation sites (tertiary alicyclic amines) is 1. The largest absolute Gasteiger partial charge is 0.383 e. The molecule has 0 aromatic carbocycles. The number of hydrogen-bond donors (Lipinski definition) is 0. The maximum absolute atomic E-state index is 5.14. The van der Waals surface area contributed by atoms with E-state index in [0.29, 0.717) is 13.2 Å². The Kier molecular flexibility index (Phi) is 4.52. The van der Waals surface area contributed by atoms with Crippen molar-refractivity contribution < 1.29 is 4.74 Å². The van der Waals surface area contributed by atoms with Crippen molar-refractivity contribution >= 4 is 0 Å². The van der Waals surface area contributed by atoms with Crippen LogP contribution in [0, 0.1) is 0 Å². The Hall–Kier alpha value is -1.86. The van der Waals surface area contributed by atoms with E-state index in [1.807, 2.05) is 29.2 Å². The molecule has 0 N–H and O–H groups in total. The van der Waals surface area contributed by atoms with E-state index in [-0.39, 0.29) is 6.04 Å². The van der Waals surface area contributed by atoms with E-state index in [2.05, 4.69) is 25.4 Å². The van der Waals surface area contributed by atoms with Gasteiger partial charge in [-0.05, 0) is 54.1 Å². The lowest BCUT2D eigenvalue weighted by Crippen LogP contribution is -2.29. The Morgan fingerprint density at radius 3 is 2.71 bits per heavy atom. The van der Waals surface area contributed by atoms with Crippen LogP contribution in [0.3, 0.4) is 0 Å². The molecule has 21 heavy (non-hydrogen) atoms. The van der Waals surface area contributed by atoms with Crippen molar-refractivity contribution in [2.75, 3.05) is 26.8 Å². The second-order valence-corrected chi connectivity index (χ2v) is 5.18. The molecule has 3 rings (SSSR count). The van der Waals surface area contributed by atoms with Crippen LogP contribution in [0.4, 0.5) is 0 Å². The van der Waals surface area contributed by atoms with E-state index >= 15 is 0 Å². The second kappa shape index (κ2) is 6.73. The highest BCUT2D eigenvalue weighted by Crippen LogP contribution is 2.29. The third kappa shape index (κ3) is 3.08. The third-order valence-corrected chi connectivity index (χ3v) is 3.84. The van der Waals surface area contributed by atoms with Gasteiger partial charge in [0.05, 0.1) is 19.2 Å². The van der Waals surface area contributed by atoms with Gasteiger partial charge >= 0.3 is 0 Å². The van der Waals surface area contributed by atoms with Crippen molar-refractivity contribution in [3.05, 3.63) is 35.9 Å². The summed E-state index contributed by atoms with van der Waals surface area (Å²) in [7, 11) is 1.69. The fraction of sp³-hybridized carbons (Fsp3) is 0.571. The van der Waals surface area contributed by atoms with Crippen LogP contribution in [-0.2, 0) is 11.3 Å². The van der Waals surface area contributed by atoms with Gasteiger partial charge in [0.15, 0.2) is 5.82 Å². The summed E-state index contributed by atoms with van der Waals surface area (Å²) in [5, 5.41) is 12.2. The normalized spacial score (nSPS) is 17.2. The van der Waals surface area contributed by atoms with Crippen molar-refractivity contribution in [1.82, 2.24) is 30.1 Å². The van der Waals surface area contributed by atoms with Crippen molar-refractivity contribution in [3.8, 4) is 0 Å². The zero-order valence-electron chi connectivity index (χ0n) is 12.2. The predicted molar refractivity (Wildman–Crippen MR) is 76.6 cm³/mol. The lowest BCUT2D eigenvalue weighted by atomic mass is 10.1. The number of nitrogens with zero attached hydrogens (tertiary/aromatic N) is 6. The molecule has 2 aromatic rings.